The summed E-state index contributed by atoms with van der Waals surface area (Å²) in [7, 11) is 0. The fourth-order valence-electron chi connectivity index (χ4n) is 1.43. The van der Waals surface area contributed by atoms with Gasteiger partial charge in [-0.2, -0.15) is 0 Å². The molecule has 2 rings (SSSR count). The molecule has 0 aliphatic heterocycles. The lowest BCUT2D eigenvalue weighted by Crippen LogP contribution is -1.86. The molecule has 0 saturated heterocycles. The Bertz CT molecular complexity index is 494. The minimum absolute atomic E-state index is 0.509. The van der Waals surface area contributed by atoms with Gasteiger partial charge in [-0.3, -0.25) is 0 Å². The van der Waals surface area contributed by atoms with Crippen LogP contribution in [0.2, 0.25) is 5.15 Å². The van der Waals surface area contributed by atoms with Crippen molar-refractivity contribution in [2.45, 2.75) is 23.8 Å². The molecule has 0 spiro atoms. The van der Waals surface area contributed by atoms with E-state index in [4.69, 9.17) is 11.6 Å². The topological polar surface area (TPSA) is 25.8 Å². The maximum absolute atomic E-state index is 5.83. The van der Waals surface area contributed by atoms with Crippen LogP contribution in [0.1, 0.15) is 11.3 Å². The Kier molecular flexibility index (Phi) is 3.46. The molecular weight excluding hydrogens is 240 g/mol. The van der Waals surface area contributed by atoms with E-state index in [-0.39, 0.29) is 0 Å². The van der Waals surface area contributed by atoms with Crippen molar-refractivity contribution >= 4 is 23.4 Å². The minimum Gasteiger partial charge on any atom is -0.246 e. The highest BCUT2D eigenvalue weighted by Gasteiger charge is 2.01. The third-order valence-electron chi connectivity index (χ3n) is 1.99. The van der Waals surface area contributed by atoms with Crippen LogP contribution in [0.15, 0.2) is 40.4 Å². The average molecular weight is 251 g/mol. The molecule has 0 fully saturated rings. The highest BCUT2D eigenvalue weighted by molar-refractivity contribution is 7.99. The summed E-state index contributed by atoms with van der Waals surface area (Å²) >= 11 is 7.42. The number of pyridine rings is 2. The monoisotopic (exact) mass is 250 g/mol. The van der Waals surface area contributed by atoms with Gasteiger partial charge in [-0.05, 0) is 43.7 Å². The van der Waals surface area contributed by atoms with Crippen molar-refractivity contribution < 1.29 is 0 Å². The number of hydrogen-bond acceptors (Lipinski definition) is 3. The van der Waals surface area contributed by atoms with Crippen LogP contribution in [-0.4, -0.2) is 9.97 Å². The van der Waals surface area contributed by atoms with Gasteiger partial charge in [-0.25, -0.2) is 9.97 Å². The van der Waals surface area contributed by atoms with Gasteiger partial charge in [-0.15, -0.1) is 0 Å². The van der Waals surface area contributed by atoms with Crippen molar-refractivity contribution in [3.05, 3.63) is 46.9 Å². The lowest BCUT2D eigenvalue weighted by atomic mass is 10.3. The van der Waals surface area contributed by atoms with Gasteiger partial charge in [0.25, 0.3) is 0 Å². The largest absolute Gasteiger partial charge is 0.246 e. The lowest BCUT2D eigenvalue weighted by Gasteiger charge is -2.03. The number of nitrogens with zero attached hydrogens (tertiary/aromatic N) is 2. The van der Waals surface area contributed by atoms with Crippen molar-refractivity contribution in [1.82, 2.24) is 9.97 Å². The third-order valence-corrected chi connectivity index (χ3v) is 3.11. The van der Waals surface area contributed by atoms with Gasteiger partial charge in [0.2, 0.25) is 0 Å². The zero-order valence-electron chi connectivity index (χ0n) is 9.07. The normalized spacial score (nSPS) is 10.4. The van der Waals surface area contributed by atoms with Gasteiger partial charge < -0.3 is 0 Å². The summed E-state index contributed by atoms with van der Waals surface area (Å²) < 4.78 is 0. The highest BCUT2D eigenvalue weighted by Crippen LogP contribution is 2.27. The quantitative estimate of drug-likeness (QED) is 0.756. The second kappa shape index (κ2) is 4.85. The van der Waals surface area contributed by atoms with Crippen LogP contribution in [0.5, 0.6) is 0 Å². The first-order valence-corrected chi connectivity index (χ1v) is 6.07. The van der Waals surface area contributed by atoms with Crippen molar-refractivity contribution in [3.8, 4) is 0 Å². The van der Waals surface area contributed by atoms with Crippen molar-refractivity contribution in [2.24, 2.45) is 0 Å². The van der Waals surface area contributed by atoms with E-state index in [1.807, 2.05) is 19.1 Å². The number of rotatable bonds is 2. The number of halogens is 1. The van der Waals surface area contributed by atoms with Crippen molar-refractivity contribution in [1.29, 1.82) is 0 Å². The first kappa shape index (κ1) is 11.4. The lowest BCUT2D eigenvalue weighted by molar-refractivity contribution is 1.05. The van der Waals surface area contributed by atoms with Gasteiger partial charge in [0.05, 0.1) is 0 Å². The van der Waals surface area contributed by atoms with Crippen molar-refractivity contribution in [3.63, 3.8) is 0 Å². The zero-order chi connectivity index (χ0) is 11.5. The van der Waals surface area contributed by atoms with E-state index in [9.17, 15) is 0 Å². The van der Waals surface area contributed by atoms with Crippen LogP contribution in [-0.2, 0) is 0 Å². The average Bonchev–Trinajstić information content (AvgIpc) is 2.15. The Morgan fingerprint density at radius 1 is 1.19 bits per heavy atom. The van der Waals surface area contributed by atoms with Crippen molar-refractivity contribution in [2.75, 3.05) is 0 Å². The van der Waals surface area contributed by atoms with E-state index in [0.29, 0.717) is 5.15 Å². The molecule has 0 aliphatic carbocycles. The zero-order valence-corrected chi connectivity index (χ0v) is 10.6. The smallest absolute Gasteiger partial charge is 0.130 e. The molecule has 0 radical (unpaired) electrons. The fourth-order valence-corrected chi connectivity index (χ4v) is 2.64. The molecule has 0 aliphatic rings. The standard InChI is InChI=1S/C12H11ClN2S/c1-8-5-9(2)15-12(6-8)16-10-3-4-14-11(13)7-10/h3-7H,1-2H3. The molecule has 16 heavy (non-hydrogen) atoms. The summed E-state index contributed by atoms with van der Waals surface area (Å²) in [6.07, 6.45) is 1.70. The Hall–Kier alpha value is -1.06. The number of aryl methyl sites for hydroxylation is 2. The van der Waals surface area contributed by atoms with Crippen LogP contribution < -0.4 is 0 Å². The Morgan fingerprint density at radius 2 is 2.00 bits per heavy atom. The molecule has 0 atom stereocenters. The Balaban J connectivity index is 2.27. The summed E-state index contributed by atoms with van der Waals surface area (Å²) in [4.78, 5) is 9.46. The second-order valence-electron chi connectivity index (χ2n) is 3.54. The van der Waals surface area contributed by atoms with E-state index in [1.165, 1.54) is 5.56 Å². The molecule has 2 nitrogen and oxygen atoms in total. The molecule has 2 aromatic rings. The maximum atomic E-state index is 5.83. The molecule has 2 aromatic heterocycles. The predicted octanol–water partition coefficient (Wildman–Crippen LogP) is 3.90. The summed E-state index contributed by atoms with van der Waals surface area (Å²) in [6, 6.07) is 7.89. The molecule has 0 bridgehead atoms. The molecule has 4 heteroatoms. The van der Waals surface area contributed by atoms with Crippen LogP contribution in [0.3, 0.4) is 0 Å². The van der Waals surface area contributed by atoms with Crippen LogP contribution in [0.25, 0.3) is 0 Å². The first-order chi connectivity index (χ1) is 7.63. The summed E-state index contributed by atoms with van der Waals surface area (Å²) in [5.41, 5.74) is 2.25. The molecule has 0 unspecified atom stereocenters. The second-order valence-corrected chi connectivity index (χ2v) is 5.02. The minimum atomic E-state index is 0.509. The Labute approximate surface area is 104 Å². The third kappa shape index (κ3) is 2.97. The molecule has 82 valence electrons. The van der Waals surface area contributed by atoms with Crippen LogP contribution in [0.4, 0.5) is 0 Å². The van der Waals surface area contributed by atoms with Crippen LogP contribution in [0, 0.1) is 13.8 Å². The number of aromatic nitrogens is 2. The summed E-state index contributed by atoms with van der Waals surface area (Å²) in [5, 5.41) is 1.49. The molecular formula is C12H11ClN2S. The molecule has 0 aromatic carbocycles. The first-order valence-electron chi connectivity index (χ1n) is 4.88. The molecule has 0 N–H and O–H groups in total. The molecule has 0 saturated carbocycles. The highest BCUT2D eigenvalue weighted by atomic mass is 35.5. The SMILES string of the molecule is Cc1cc(C)nc(Sc2ccnc(Cl)c2)c1. The fraction of sp³-hybridized carbons (Fsp3) is 0.167. The van der Waals surface area contributed by atoms with Gasteiger partial charge in [0, 0.05) is 16.8 Å². The van der Waals surface area contributed by atoms with Gasteiger partial charge in [-0.1, -0.05) is 23.4 Å². The van der Waals surface area contributed by atoms with Gasteiger partial charge in [0.1, 0.15) is 10.2 Å². The Morgan fingerprint density at radius 3 is 2.69 bits per heavy atom. The van der Waals surface area contributed by atoms with E-state index in [0.717, 1.165) is 15.6 Å². The van der Waals surface area contributed by atoms with Crippen LogP contribution >= 0.6 is 23.4 Å². The van der Waals surface area contributed by atoms with E-state index in [2.05, 4.69) is 29.0 Å². The summed E-state index contributed by atoms with van der Waals surface area (Å²) in [6.45, 7) is 4.06. The predicted molar refractivity (Wildman–Crippen MR) is 67.1 cm³/mol. The van der Waals surface area contributed by atoms with E-state index >= 15 is 0 Å². The molecule has 0 amide bonds. The summed E-state index contributed by atoms with van der Waals surface area (Å²) in [5.74, 6) is 0. The van der Waals surface area contributed by atoms with Gasteiger partial charge in [0.15, 0.2) is 0 Å². The van der Waals surface area contributed by atoms with E-state index in [1.54, 1.807) is 18.0 Å². The number of hydrogen-bond donors (Lipinski definition) is 0. The van der Waals surface area contributed by atoms with E-state index < -0.39 is 0 Å². The molecule has 2 heterocycles. The van der Waals surface area contributed by atoms with Gasteiger partial charge >= 0.3 is 0 Å². The maximum Gasteiger partial charge on any atom is 0.130 e.